The van der Waals surface area contributed by atoms with Crippen molar-refractivity contribution in [3.63, 3.8) is 0 Å². The molecule has 0 unspecified atom stereocenters. The minimum absolute atomic E-state index is 0.113. The number of carbonyl (C=O) groups is 2. The van der Waals surface area contributed by atoms with Crippen LogP contribution in [0.4, 0.5) is 5.69 Å². The fourth-order valence-electron chi connectivity index (χ4n) is 6.19. The zero-order valence-electron chi connectivity index (χ0n) is 15.6. The van der Waals surface area contributed by atoms with Gasteiger partial charge in [-0.2, -0.15) is 0 Å². The summed E-state index contributed by atoms with van der Waals surface area (Å²) in [6, 6.07) is 7.22. The highest BCUT2D eigenvalue weighted by atomic mass is 16.5. The number of piperidine rings is 2. The lowest BCUT2D eigenvalue weighted by Crippen LogP contribution is -2.70. The summed E-state index contributed by atoms with van der Waals surface area (Å²) in [5, 5.41) is 11.8. The van der Waals surface area contributed by atoms with E-state index in [0.717, 1.165) is 18.4 Å². The van der Waals surface area contributed by atoms with E-state index in [1.54, 1.807) is 0 Å². The minimum atomic E-state index is -1.33. The number of fused-ring (bicyclic) bond motifs is 4. The van der Waals surface area contributed by atoms with Gasteiger partial charge in [-0.15, -0.1) is 0 Å². The molecule has 1 aromatic carbocycles. The van der Waals surface area contributed by atoms with Crippen LogP contribution in [0.15, 0.2) is 29.3 Å². The Morgan fingerprint density at radius 1 is 1.41 bits per heavy atom. The molecule has 1 aliphatic carbocycles. The first kappa shape index (κ1) is 16.9. The van der Waals surface area contributed by atoms with Gasteiger partial charge in [-0.25, -0.2) is 0 Å². The summed E-state index contributed by atoms with van der Waals surface area (Å²) < 4.78 is 5.29. The Labute approximate surface area is 158 Å². The Morgan fingerprint density at radius 2 is 2.19 bits per heavy atom. The number of hydrogen-bond acceptors (Lipinski definition) is 5. The molecule has 1 amide bonds. The number of aliphatic hydroxyl groups is 1. The molecule has 1 aromatic rings. The monoisotopic (exact) mass is 368 g/mol. The molecule has 6 nitrogen and oxygen atoms in total. The van der Waals surface area contributed by atoms with E-state index in [2.05, 4.69) is 6.92 Å². The zero-order valence-corrected chi connectivity index (χ0v) is 15.6. The van der Waals surface area contributed by atoms with E-state index in [0.29, 0.717) is 30.8 Å². The highest BCUT2D eigenvalue weighted by molar-refractivity contribution is 6.16. The van der Waals surface area contributed by atoms with Gasteiger partial charge < -0.3 is 14.7 Å². The Balaban J connectivity index is 1.79. The SMILES string of the molecule is CC[C@H]1C[C@@H]2C[C@@]3(C(=O)OC)C4=Nc5ccccc5[C@]4(O)CCN(C2=O)[C@@H]13. The van der Waals surface area contributed by atoms with Gasteiger partial charge in [-0.05, 0) is 24.8 Å². The lowest BCUT2D eigenvalue weighted by atomic mass is 9.54. The minimum Gasteiger partial charge on any atom is -0.468 e. The maximum absolute atomic E-state index is 13.3. The Morgan fingerprint density at radius 3 is 2.93 bits per heavy atom. The number of para-hydroxylation sites is 1. The van der Waals surface area contributed by atoms with Crippen molar-refractivity contribution >= 4 is 23.3 Å². The lowest BCUT2D eigenvalue weighted by molar-refractivity contribution is -0.174. The number of ether oxygens (including phenoxy) is 1. The summed E-state index contributed by atoms with van der Waals surface area (Å²) in [5.41, 5.74) is -0.466. The van der Waals surface area contributed by atoms with Crippen LogP contribution in [0.3, 0.4) is 0 Å². The normalized spacial score (nSPS) is 38.8. The largest absolute Gasteiger partial charge is 0.468 e. The van der Waals surface area contributed by atoms with Crippen LogP contribution in [0, 0.1) is 17.3 Å². The predicted octanol–water partition coefficient (Wildman–Crippen LogP) is 2.17. The molecular weight excluding hydrogens is 344 g/mol. The van der Waals surface area contributed by atoms with E-state index in [1.165, 1.54) is 7.11 Å². The maximum atomic E-state index is 13.3. The van der Waals surface area contributed by atoms with Gasteiger partial charge in [-0.1, -0.05) is 31.5 Å². The Kier molecular flexibility index (Phi) is 3.39. The number of rotatable bonds is 2. The van der Waals surface area contributed by atoms with Crippen LogP contribution in [0.2, 0.25) is 0 Å². The zero-order chi connectivity index (χ0) is 19.0. The summed E-state index contributed by atoms with van der Waals surface area (Å²) in [5.74, 6) is -0.274. The van der Waals surface area contributed by atoms with E-state index >= 15 is 0 Å². The van der Waals surface area contributed by atoms with Gasteiger partial charge in [0.25, 0.3) is 0 Å². The second kappa shape index (κ2) is 5.41. The summed E-state index contributed by atoms with van der Waals surface area (Å²) in [7, 11) is 1.39. The topological polar surface area (TPSA) is 79.2 Å². The van der Waals surface area contributed by atoms with Crippen LogP contribution < -0.4 is 0 Å². The van der Waals surface area contributed by atoms with Crippen molar-refractivity contribution in [1.82, 2.24) is 4.90 Å². The average Bonchev–Trinajstić information content (AvgIpc) is 2.95. The quantitative estimate of drug-likeness (QED) is 0.812. The Bertz CT molecular complexity index is 881. The maximum Gasteiger partial charge on any atom is 0.319 e. The number of esters is 1. The smallest absolute Gasteiger partial charge is 0.319 e. The van der Waals surface area contributed by atoms with Crippen LogP contribution in [0.5, 0.6) is 0 Å². The molecule has 1 saturated carbocycles. The van der Waals surface area contributed by atoms with Crippen LogP contribution in [-0.4, -0.2) is 47.3 Å². The average molecular weight is 368 g/mol. The molecule has 6 heteroatoms. The third-order valence-electron chi connectivity index (χ3n) is 7.26. The first-order valence-electron chi connectivity index (χ1n) is 9.77. The number of carbonyl (C=O) groups excluding carboxylic acids is 2. The van der Waals surface area contributed by atoms with Crippen molar-refractivity contribution in [2.75, 3.05) is 13.7 Å². The number of hydrogen-bond donors (Lipinski definition) is 1. The predicted molar refractivity (Wildman–Crippen MR) is 98.5 cm³/mol. The van der Waals surface area contributed by atoms with Crippen LogP contribution in [0.25, 0.3) is 0 Å². The fraction of sp³-hybridized carbons (Fsp3) is 0.571. The number of nitrogens with zero attached hydrogens (tertiary/aromatic N) is 2. The lowest BCUT2D eigenvalue weighted by Gasteiger charge is -2.57. The molecule has 0 spiro atoms. The van der Waals surface area contributed by atoms with Crippen molar-refractivity contribution < 1.29 is 19.4 Å². The van der Waals surface area contributed by atoms with Crippen molar-refractivity contribution in [3.05, 3.63) is 29.8 Å². The summed E-state index contributed by atoms with van der Waals surface area (Å²) >= 11 is 0. The molecule has 5 aliphatic rings. The first-order chi connectivity index (χ1) is 13.0. The number of aliphatic imine (C=N–C) groups is 1. The van der Waals surface area contributed by atoms with E-state index < -0.39 is 11.0 Å². The summed E-state index contributed by atoms with van der Waals surface area (Å²) in [4.78, 5) is 32.9. The van der Waals surface area contributed by atoms with Crippen molar-refractivity contribution in [2.24, 2.45) is 22.2 Å². The molecule has 0 radical (unpaired) electrons. The molecule has 142 valence electrons. The first-order valence-corrected chi connectivity index (χ1v) is 9.77. The third-order valence-corrected chi connectivity index (χ3v) is 7.26. The van der Waals surface area contributed by atoms with Crippen molar-refractivity contribution in [1.29, 1.82) is 0 Å². The van der Waals surface area contributed by atoms with E-state index in [9.17, 15) is 14.7 Å². The van der Waals surface area contributed by atoms with Crippen LogP contribution in [0.1, 0.15) is 38.2 Å². The second-order valence-corrected chi connectivity index (χ2v) is 8.33. The highest BCUT2D eigenvalue weighted by Crippen LogP contribution is 2.60. The molecule has 4 aliphatic heterocycles. The second-order valence-electron chi connectivity index (χ2n) is 8.33. The van der Waals surface area contributed by atoms with Gasteiger partial charge in [0.15, 0.2) is 0 Å². The molecule has 1 N–H and O–H groups in total. The molecule has 4 bridgehead atoms. The Hall–Kier alpha value is -2.21. The summed E-state index contributed by atoms with van der Waals surface area (Å²) in [6.07, 6.45) is 2.41. The van der Waals surface area contributed by atoms with Gasteiger partial charge in [0.05, 0.1) is 24.6 Å². The van der Waals surface area contributed by atoms with Crippen molar-refractivity contribution in [2.45, 2.75) is 44.2 Å². The van der Waals surface area contributed by atoms with Gasteiger partial charge >= 0.3 is 5.97 Å². The fourth-order valence-corrected chi connectivity index (χ4v) is 6.19. The summed E-state index contributed by atoms with van der Waals surface area (Å²) in [6.45, 7) is 2.53. The van der Waals surface area contributed by atoms with E-state index in [1.807, 2.05) is 29.2 Å². The molecule has 3 saturated heterocycles. The van der Waals surface area contributed by atoms with Gasteiger partial charge in [0.2, 0.25) is 5.91 Å². The molecule has 4 fully saturated rings. The van der Waals surface area contributed by atoms with Crippen LogP contribution in [-0.2, 0) is 19.9 Å². The van der Waals surface area contributed by atoms with Gasteiger partial charge in [0.1, 0.15) is 11.0 Å². The highest BCUT2D eigenvalue weighted by Gasteiger charge is 2.70. The third kappa shape index (κ3) is 1.87. The van der Waals surface area contributed by atoms with E-state index in [-0.39, 0.29) is 29.8 Å². The molecule has 6 rings (SSSR count). The standard InChI is InChI=1S/C21H24N2O4/c1-3-12-10-13-11-20(19(25)27-2)16(12)23(17(13)24)9-8-21(26)14-6-4-5-7-15(14)22-18(20)21/h4-7,12-13,16,26H,3,8-11H2,1-2H3/t12-,13+,16-,20-,21+/m0/s1. The molecular formula is C21H24N2O4. The molecule has 5 atom stereocenters. The number of methoxy groups -OCH3 is 1. The number of amides is 1. The molecule has 4 heterocycles. The van der Waals surface area contributed by atoms with E-state index in [4.69, 9.17) is 9.73 Å². The van der Waals surface area contributed by atoms with Crippen LogP contribution >= 0.6 is 0 Å². The van der Waals surface area contributed by atoms with Crippen molar-refractivity contribution in [3.8, 4) is 0 Å². The molecule has 0 aromatic heterocycles. The molecule has 27 heavy (non-hydrogen) atoms. The van der Waals surface area contributed by atoms with Gasteiger partial charge in [-0.3, -0.25) is 14.6 Å². The van der Waals surface area contributed by atoms with Gasteiger partial charge in [0, 0.05) is 24.4 Å². The number of benzene rings is 1.